The first-order valence-electron chi connectivity index (χ1n) is 11.3. The average molecular weight is 355 g/mol. The molecule has 0 spiro atoms. The summed E-state index contributed by atoms with van der Waals surface area (Å²) in [5.74, 6) is 0.852. The molecule has 2 nitrogen and oxygen atoms in total. The molecular formula is C23H46O2. The van der Waals surface area contributed by atoms with E-state index in [0.717, 1.165) is 18.8 Å². The Morgan fingerprint density at radius 1 is 0.680 bits per heavy atom. The van der Waals surface area contributed by atoms with Gasteiger partial charge >= 0.3 is 5.97 Å². The van der Waals surface area contributed by atoms with Crippen molar-refractivity contribution in [1.29, 1.82) is 0 Å². The lowest BCUT2D eigenvalue weighted by atomic mass is 10.0. The summed E-state index contributed by atoms with van der Waals surface area (Å²) in [6.45, 7) is 7.47. The molecule has 0 N–H and O–H groups in total. The van der Waals surface area contributed by atoms with E-state index in [-0.39, 0.29) is 5.97 Å². The summed E-state index contributed by atoms with van der Waals surface area (Å²) in [5, 5.41) is 0. The molecule has 0 aliphatic carbocycles. The zero-order valence-corrected chi connectivity index (χ0v) is 17.6. The molecule has 0 radical (unpaired) electrons. The van der Waals surface area contributed by atoms with Crippen molar-refractivity contribution in [2.75, 3.05) is 6.61 Å². The van der Waals surface area contributed by atoms with E-state index in [1.807, 2.05) is 0 Å². The molecule has 0 rings (SSSR count). The normalized spacial score (nSPS) is 11.2. The van der Waals surface area contributed by atoms with E-state index in [1.165, 1.54) is 89.9 Å². The van der Waals surface area contributed by atoms with Gasteiger partial charge in [-0.15, -0.1) is 0 Å². The van der Waals surface area contributed by atoms with E-state index in [1.54, 1.807) is 0 Å². The van der Waals surface area contributed by atoms with Crippen molar-refractivity contribution in [1.82, 2.24) is 0 Å². The van der Waals surface area contributed by atoms with Gasteiger partial charge in [-0.1, -0.05) is 111 Å². The van der Waals surface area contributed by atoms with Gasteiger partial charge < -0.3 is 4.74 Å². The summed E-state index contributed by atoms with van der Waals surface area (Å²) >= 11 is 0. The number of hydrogen-bond acceptors (Lipinski definition) is 2. The third kappa shape index (κ3) is 21.4. The third-order valence-electron chi connectivity index (χ3n) is 4.92. The van der Waals surface area contributed by atoms with Gasteiger partial charge in [-0.3, -0.25) is 4.79 Å². The predicted octanol–water partition coefficient (Wildman–Crippen LogP) is 7.84. The lowest BCUT2D eigenvalue weighted by Crippen LogP contribution is -2.05. The first kappa shape index (κ1) is 24.5. The molecule has 0 unspecified atom stereocenters. The van der Waals surface area contributed by atoms with E-state index in [2.05, 4.69) is 20.8 Å². The Kier molecular flexibility index (Phi) is 19.4. The lowest BCUT2D eigenvalue weighted by molar-refractivity contribution is -0.143. The molecule has 0 saturated carbocycles. The highest BCUT2D eigenvalue weighted by Gasteiger charge is 2.02. The van der Waals surface area contributed by atoms with Gasteiger partial charge in [0.05, 0.1) is 6.61 Å². The summed E-state index contributed by atoms with van der Waals surface area (Å²) < 4.78 is 5.33. The van der Waals surface area contributed by atoms with Crippen molar-refractivity contribution in [3.63, 3.8) is 0 Å². The lowest BCUT2D eigenvalue weighted by Gasteiger charge is -2.06. The molecule has 25 heavy (non-hydrogen) atoms. The van der Waals surface area contributed by atoms with Crippen LogP contribution in [-0.2, 0) is 9.53 Å². The van der Waals surface area contributed by atoms with Crippen molar-refractivity contribution in [2.45, 2.75) is 130 Å². The second-order valence-corrected chi connectivity index (χ2v) is 8.10. The minimum Gasteiger partial charge on any atom is -0.466 e. The first-order chi connectivity index (χ1) is 12.2. The number of carbonyl (C=O) groups excluding carboxylic acids is 1. The van der Waals surface area contributed by atoms with Crippen molar-refractivity contribution in [2.24, 2.45) is 5.92 Å². The average Bonchev–Trinajstić information content (AvgIpc) is 2.58. The first-order valence-corrected chi connectivity index (χ1v) is 11.3. The van der Waals surface area contributed by atoms with Crippen LogP contribution in [0.15, 0.2) is 0 Å². The Labute approximate surface area is 158 Å². The molecular weight excluding hydrogens is 308 g/mol. The summed E-state index contributed by atoms with van der Waals surface area (Å²) in [4.78, 5) is 11.7. The highest BCUT2D eigenvalue weighted by atomic mass is 16.5. The molecule has 0 aromatic heterocycles. The van der Waals surface area contributed by atoms with Gasteiger partial charge in [0, 0.05) is 6.42 Å². The highest BCUT2D eigenvalue weighted by Crippen LogP contribution is 2.12. The summed E-state index contributed by atoms with van der Waals surface area (Å²) in [5.41, 5.74) is 0. The maximum Gasteiger partial charge on any atom is 0.305 e. The van der Waals surface area contributed by atoms with Gasteiger partial charge in [0.15, 0.2) is 0 Å². The summed E-state index contributed by atoms with van der Waals surface area (Å²) in [6, 6.07) is 0. The summed E-state index contributed by atoms with van der Waals surface area (Å²) in [7, 11) is 0. The minimum absolute atomic E-state index is 0.0138. The SMILES string of the molecule is CCCCCCCCCCCC(=O)OCCCCCCCCC(C)C. The monoisotopic (exact) mass is 354 g/mol. The molecule has 0 aromatic rings. The third-order valence-corrected chi connectivity index (χ3v) is 4.92. The second kappa shape index (κ2) is 19.8. The zero-order chi connectivity index (χ0) is 18.6. The smallest absolute Gasteiger partial charge is 0.305 e. The largest absolute Gasteiger partial charge is 0.466 e. The Bertz CT molecular complexity index is 273. The Balaban J connectivity index is 3.16. The van der Waals surface area contributed by atoms with Crippen molar-refractivity contribution in [3.05, 3.63) is 0 Å². The van der Waals surface area contributed by atoms with Crippen LogP contribution in [0.4, 0.5) is 0 Å². The van der Waals surface area contributed by atoms with E-state index in [0.29, 0.717) is 13.0 Å². The van der Waals surface area contributed by atoms with E-state index < -0.39 is 0 Å². The zero-order valence-electron chi connectivity index (χ0n) is 17.6. The van der Waals surface area contributed by atoms with Gasteiger partial charge in [0.25, 0.3) is 0 Å². The van der Waals surface area contributed by atoms with Crippen LogP contribution in [0.3, 0.4) is 0 Å². The van der Waals surface area contributed by atoms with Crippen molar-refractivity contribution < 1.29 is 9.53 Å². The van der Waals surface area contributed by atoms with Crippen LogP contribution in [0.2, 0.25) is 0 Å². The minimum atomic E-state index is 0.0138. The van der Waals surface area contributed by atoms with Crippen LogP contribution in [0.25, 0.3) is 0 Å². The molecule has 0 aliphatic rings. The van der Waals surface area contributed by atoms with Crippen LogP contribution in [0.1, 0.15) is 130 Å². The van der Waals surface area contributed by atoms with Crippen LogP contribution >= 0.6 is 0 Å². The standard InChI is InChI=1S/C23H46O2/c1-4-5-6-7-8-9-10-14-17-20-23(24)25-21-18-15-12-11-13-16-19-22(2)3/h22H,4-21H2,1-3H3. The number of hydrogen-bond donors (Lipinski definition) is 0. The fraction of sp³-hybridized carbons (Fsp3) is 0.957. The molecule has 0 heterocycles. The highest BCUT2D eigenvalue weighted by molar-refractivity contribution is 5.69. The van der Waals surface area contributed by atoms with E-state index in [4.69, 9.17) is 4.74 Å². The Morgan fingerprint density at radius 3 is 1.72 bits per heavy atom. The van der Waals surface area contributed by atoms with Gasteiger partial charge in [-0.25, -0.2) is 0 Å². The van der Waals surface area contributed by atoms with Crippen LogP contribution in [0, 0.1) is 5.92 Å². The molecule has 0 atom stereocenters. The second-order valence-electron chi connectivity index (χ2n) is 8.10. The van der Waals surface area contributed by atoms with Crippen molar-refractivity contribution >= 4 is 5.97 Å². The quantitative estimate of drug-likeness (QED) is 0.174. The van der Waals surface area contributed by atoms with E-state index >= 15 is 0 Å². The fourth-order valence-electron chi connectivity index (χ4n) is 3.20. The Morgan fingerprint density at radius 2 is 1.16 bits per heavy atom. The van der Waals surface area contributed by atoms with Gasteiger partial charge in [0.2, 0.25) is 0 Å². The van der Waals surface area contributed by atoms with E-state index in [9.17, 15) is 4.79 Å². The molecule has 0 fully saturated rings. The molecule has 2 heteroatoms. The predicted molar refractivity (Wildman–Crippen MR) is 110 cm³/mol. The molecule has 0 aromatic carbocycles. The summed E-state index contributed by atoms with van der Waals surface area (Å²) in [6.07, 6.45) is 21.2. The van der Waals surface area contributed by atoms with Gasteiger partial charge in [-0.2, -0.15) is 0 Å². The molecule has 0 bridgehead atoms. The number of carbonyl (C=O) groups is 1. The van der Waals surface area contributed by atoms with Gasteiger partial charge in [0.1, 0.15) is 0 Å². The number of unbranched alkanes of at least 4 members (excludes halogenated alkanes) is 13. The Hall–Kier alpha value is -0.530. The number of ether oxygens (including phenoxy) is 1. The van der Waals surface area contributed by atoms with Crippen LogP contribution in [0.5, 0.6) is 0 Å². The maximum atomic E-state index is 11.7. The maximum absolute atomic E-state index is 11.7. The van der Waals surface area contributed by atoms with Gasteiger partial charge in [-0.05, 0) is 18.8 Å². The van der Waals surface area contributed by atoms with Crippen LogP contribution < -0.4 is 0 Å². The number of esters is 1. The van der Waals surface area contributed by atoms with Crippen LogP contribution in [-0.4, -0.2) is 12.6 Å². The molecule has 0 saturated heterocycles. The fourth-order valence-corrected chi connectivity index (χ4v) is 3.20. The number of rotatable bonds is 19. The molecule has 0 amide bonds. The molecule has 0 aliphatic heterocycles. The molecule has 150 valence electrons. The van der Waals surface area contributed by atoms with Crippen molar-refractivity contribution in [3.8, 4) is 0 Å². The topological polar surface area (TPSA) is 26.3 Å².